The average molecular weight is 435 g/mol. The van der Waals surface area contributed by atoms with Gasteiger partial charge in [0.15, 0.2) is 16.6 Å². The van der Waals surface area contributed by atoms with Crippen molar-refractivity contribution in [2.75, 3.05) is 0 Å². The molecule has 4 rings (SSSR count). The second-order valence-corrected chi connectivity index (χ2v) is 22.1. The van der Waals surface area contributed by atoms with Gasteiger partial charge in [-0.25, -0.2) is 0 Å². The van der Waals surface area contributed by atoms with Gasteiger partial charge >= 0.3 is 0 Å². The highest BCUT2D eigenvalue weighted by molar-refractivity contribution is 6.70. The molecule has 29 heavy (non-hydrogen) atoms. The van der Waals surface area contributed by atoms with E-state index in [1.165, 1.54) is 51.4 Å². The molecule has 0 N–H and O–H groups in total. The molecule has 0 aromatic rings. The Bertz CT molecular complexity index is 661. The third-order valence-electron chi connectivity index (χ3n) is 8.99. The molecule has 0 radical (unpaired) electrons. The van der Waals surface area contributed by atoms with Crippen LogP contribution in [0.1, 0.15) is 65.2 Å². The van der Waals surface area contributed by atoms with Crippen molar-refractivity contribution >= 4 is 16.6 Å². The van der Waals surface area contributed by atoms with Crippen LogP contribution in [0.5, 0.6) is 0 Å². The SMILES string of the molecule is C[C@]12CC[C@H](O[Si](C)(C)C)CC1=CCC1C2CC[C@@]2(C)C1CC[C@@H]2O[Si](C)(C)C. The Morgan fingerprint density at radius 1 is 0.828 bits per heavy atom. The van der Waals surface area contributed by atoms with Gasteiger partial charge in [-0.2, -0.15) is 0 Å². The van der Waals surface area contributed by atoms with Gasteiger partial charge in [0.25, 0.3) is 0 Å². The first-order valence-corrected chi connectivity index (χ1v) is 19.2. The summed E-state index contributed by atoms with van der Waals surface area (Å²) < 4.78 is 13.3. The van der Waals surface area contributed by atoms with Crippen LogP contribution in [0.25, 0.3) is 0 Å². The maximum Gasteiger partial charge on any atom is 0.184 e. The van der Waals surface area contributed by atoms with Crippen molar-refractivity contribution in [1.29, 1.82) is 0 Å². The molecule has 0 bridgehead atoms. The van der Waals surface area contributed by atoms with Gasteiger partial charge in [-0.1, -0.05) is 25.5 Å². The quantitative estimate of drug-likeness (QED) is 0.339. The molecule has 0 aromatic carbocycles. The molecule has 166 valence electrons. The van der Waals surface area contributed by atoms with Crippen LogP contribution in [0.3, 0.4) is 0 Å². The van der Waals surface area contributed by atoms with Gasteiger partial charge in [0, 0.05) is 6.10 Å². The van der Waals surface area contributed by atoms with Crippen LogP contribution in [0, 0.1) is 28.6 Å². The average Bonchev–Trinajstić information content (AvgIpc) is 2.89. The van der Waals surface area contributed by atoms with E-state index in [9.17, 15) is 0 Å². The number of rotatable bonds is 4. The molecule has 0 amide bonds. The Kier molecular flexibility index (Phi) is 5.62. The maximum absolute atomic E-state index is 6.75. The minimum atomic E-state index is -1.48. The Hall–Kier alpha value is 0.0938. The standard InChI is InChI=1S/C25H46O2Si2/c1-24-15-13-19(26-28(3,4)5)17-18(24)9-10-20-21-11-12-23(27-29(6,7)8)25(21,2)16-14-22(20)24/h9,19-23H,10-17H2,1-8H3/t19-,20?,21?,22?,23-,24-,25-/m0/s1. The summed E-state index contributed by atoms with van der Waals surface area (Å²) in [6.07, 6.45) is 14.3. The molecule has 0 saturated heterocycles. The smallest absolute Gasteiger partial charge is 0.184 e. The van der Waals surface area contributed by atoms with Crippen LogP contribution < -0.4 is 0 Å². The van der Waals surface area contributed by atoms with Gasteiger partial charge in [0.2, 0.25) is 0 Å². The Balaban J connectivity index is 1.53. The molecule has 7 atom stereocenters. The number of fused-ring (bicyclic) bond motifs is 5. The predicted octanol–water partition coefficient (Wildman–Crippen LogP) is 7.39. The van der Waals surface area contributed by atoms with E-state index in [1.54, 1.807) is 5.57 Å². The normalized spacial score (nSPS) is 45.2. The van der Waals surface area contributed by atoms with Crippen LogP contribution in [0.4, 0.5) is 0 Å². The third-order valence-corrected chi connectivity index (χ3v) is 11.0. The van der Waals surface area contributed by atoms with E-state index in [-0.39, 0.29) is 0 Å². The summed E-state index contributed by atoms with van der Waals surface area (Å²) in [5.74, 6) is 2.64. The lowest BCUT2D eigenvalue weighted by atomic mass is 9.48. The molecule has 0 aromatic heterocycles. The van der Waals surface area contributed by atoms with E-state index in [1.807, 2.05) is 0 Å². The minimum absolute atomic E-state index is 0.418. The summed E-state index contributed by atoms with van der Waals surface area (Å²) in [4.78, 5) is 0. The Morgan fingerprint density at radius 2 is 1.52 bits per heavy atom. The van der Waals surface area contributed by atoms with Crippen molar-refractivity contribution in [3.05, 3.63) is 11.6 Å². The van der Waals surface area contributed by atoms with E-state index in [4.69, 9.17) is 8.85 Å². The monoisotopic (exact) mass is 434 g/mol. The first-order chi connectivity index (χ1) is 13.3. The van der Waals surface area contributed by atoms with Crippen molar-refractivity contribution < 1.29 is 8.85 Å². The molecule has 4 aliphatic carbocycles. The molecule has 3 fully saturated rings. The van der Waals surface area contributed by atoms with Crippen LogP contribution in [-0.2, 0) is 8.85 Å². The minimum Gasteiger partial charge on any atom is -0.414 e. The molecule has 4 aliphatic rings. The molecule has 3 unspecified atom stereocenters. The molecule has 0 heterocycles. The summed E-state index contributed by atoms with van der Waals surface area (Å²) in [5.41, 5.74) is 2.60. The van der Waals surface area contributed by atoms with Gasteiger partial charge in [0.1, 0.15) is 0 Å². The van der Waals surface area contributed by atoms with Crippen LogP contribution >= 0.6 is 0 Å². The second-order valence-electron chi connectivity index (χ2n) is 13.2. The highest BCUT2D eigenvalue weighted by atomic mass is 28.4. The Labute approximate surface area is 182 Å². The fourth-order valence-electron chi connectivity index (χ4n) is 7.80. The third kappa shape index (κ3) is 4.13. The highest BCUT2D eigenvalue weighted by Crippen LogP contribution is 2.65. The van der Waals surface area contributed by atoms with Gasteiger partial charge in [-0.15, -0.1) is 0 Å². The van der Waals surface area contributed by atoms with Crippen LogP contribution in [0.2, 0.25) is 39.3 Å². The molecular formula is C25H46O2Si2. The highest BCUT2D eigenvalue weighted by Gasteiger charge is 2.59. The largest absolute Gasteiger partial charge is 0.414 e. The van der Waals surface area contributed by atoms with Crippen molar-refractivity contribution in [3.8, 4) is 0 Å². The fourth-order valence-corrected chi connectivity index (χ4v) is 10.2. The van der Waals surface area contributed by atoms with Gasteiger partial charge < -0.3 is 8.85 Å². The van der Waals surface area contributed by atoms with E-state index >= 15 is 0 Å². The summed E-state index contributed by atoms with van der Waals surface area (Å²) in [7, 11) is -2.93. The molecule has 3 saturated carbocycles. The number of allylic oxidation sites excluding steroid dienone is 1. The maximum atomic E-state index is 6.75. The summed E-state index contributed by atoms with van der Waals surface area (Å²) in [6.45, 7) is 19.3. The lowest BCUT2D eigenvalue weighted by Gasteiger charge is -2.58. The molecule has 4 heteroatoms. The van der Waals surface area contributed by atoms with Gasteiger partial charge in [-0.05, 0) is 119 Å². The van der Waals surface area contributed by atoms with E-state index in [0.717, 1.165) is 17.8 Å². The lowest BCUT2D eigenvalue weighted by Crippen LogP contribution is -2.52. The molecular weight excluding hydrogens is 388 g/mol. The van der Waals surface area contributed by atoms with Crippen molar-refractivity contribution in [3.63, 3.8) is 0 Å². The molecule has 0 aliphatic heterocycles. The molecule has 0 spiro atoms. The topological polar surface area (TPSA) is 18.5 Å². The summed E-state index contributed by atoms with van der Waals surface area (Å²) >= 11 is 0. The predicted molar refractivity (Wildman–Crippen MR) is 128 cm³/mol. The van der Waals surface area contributed by atoms with E-state index in [0.29, 0.717) is 23.0 Å². The van der Waals surface area contributed by atoms with E-state index in [2.05, 4.69) is 59.2 Å². The zero-order valence-electron chi connectivity index (χ0n) is 20.4. The van der Waals surface area contributed by atoms with Crippen molar-refractivity contribution in [2.45, 2.75) is 117 Å². The molecule has 2 nitrogen and oxygen atoms in total. The van der Waals surface area contributed by atoms with Crippen LogP contribution in [0.15, 0.2) is 11.6 Å². The zero-order valence-corrected chi connectivity index (χ0v) is 22.4. The summed E-state index contributed by atoms with van der Waals surface area (Å²) in [6, 6.07) is 0. The number of hydrogen-bond acceptors (Lipinski definition) is 2. The van der Waals surface area contributed by atoms with Crippen LogP contribution in [-0.4, -0.2) is 28.8 Å². The van der Waals surface area contributed by atoms with Gasteiger partial charge in [-0.3, -0.25) is 0 Å². The zero-order chi connectivity index (χ0) is 21.2. The first-order valence-electron chi connectivity index (χ1n) is 12.4. The van der Waals surface area contributed by atoms with Gasteiger partial charge in [0.05, 0.1) is 6.10 Å². The van der Waals surface area contributed by atoms with E-state index < -0.39 is 16.6 Å². The second kappa shape index (κ2) is 7.32. The fraction of sp³-hybridized carbons (Fsp3) is 0.920. The Morgan fingerprint density at radius 3 is 2.17 bits per heavy atom. The van der Waals surface area contributed by atoms with Crippen molar-refractivity contribution in [1.82, 2.24) is 0 Å². The number of hydrogen-bond donors (Lipinski definition) is 0. The first kappa shape index (κ1) is 22.3. The van der Waals surface area contributed by atoms with Crippen molar-refractivity contribution in [2.24, 2.45) is 28.6 Å². The summed E-state index contributed by atoms with van der Waals surface area (Å²) in [5, 5.41) is 0. The lowest BCUT2D eigenvalue weighted by molar-refractivity contribution is -0.0660.